The second-order valence-corrected chi connectivity index (χ2v) is 6.86. The number of aromatic hydroxyl groups is 1. The van der Waals surface area contributed by atoms with Gasteiger partial charge in [-0.25, -0.2) is 4.79 Å². The van der Waals surface area contributed by atoms with Gasteiger partial charge in [0.25, 0.3) is 5.91 Å². The Morgan fingerprint density at radius 1 is 0.964 bits per heavy atom. The van der Waals surface area contributed by atoms with E-state index < -0.39 is 5.97 Å². The molecule has 1 N–H and O–H groups in total. The number of hydrogen-bond acceptors (Lipinski definition) is 4. The molecule has 0 aliphatic rings. The number of fused-ring (bicyclic) bond motifs is 1. The average Bonchev–Trinajstić information content (AvgIpc) is 2.71. The molecule has 0 unspecified atom stereocenters. The topological polar surface area (TPSA) is 66.8 Å². The molecule has 0 atom stereocenters. The van der Waals surface area contributed by atoms with E-state index in [1.807, 2.05) is 56.3 Å². The maximum Gasteiger partial charge on any atom is 0.342 e. The van der Waals surface area contributed by atoms with Crippen molar-refractivity contribution in [1.29, 1.82) is 0 Å². The van der Waals surface area contributed by atoms with Gasteiger partial charge in [0.2, 0.25) is 0 Å². The normalized spacial score (nSPS) is 10.8. The van der Waals surface area contributed by atoms with E-state index in [0.29, 0.717) is 11.9 Å². The van der Waals surface area contributed by atoms with Crippen LogP contribution in [0.15, 0.2) is 66.7 Å². The molecule has 3 aromatic carbocycles. The first-order chi connectivity index (χ1) is 13.5. The number of amides is 1. The maximum absolute atomic E-state index is 12.6. The van der Waals surface area contributed by atoms with Gasteiger partial charge >= 0.3 is 5.97 Å². The molecule has 0 aromatic heterocycles. The van der Waals surface area contributed by atoms with Crippen molar-refractivity contribution in [2.75, 3.05) is 6.61 Å². The summed E-state index contributed by atoms with van der Waals surface area (Å²) in [7, 11) is 0. The quantitative estimate of drug-likeness (QED) is 0.656. The zero-order valence-electron chi connectivity index (χ0n) is 16.0. The molecular weight excluding hydrogens is 354 g/mol. The molecule has 5 nitrogen and oxygen atoms in total. The molecule has 0 aliphatic heterocycles. The SMILES string of the molecule is CC(C)N(Cc1ccccc1)C(=O)COC(=O)c1ccc2ccccc2c1O. The van der Waals surface area contributed by atoms with Crippen LogP contribution in [-0.2, 0) is 16.1 Å². The molecule has 0 saturated heterocycles. The number of nitrogens with zero attached hydrogens (tertiary/aromatic N) is 1. The monoisotopic (exact) mass is 377 g/mol. The molecule has 0 aliphatic carbocycles. The van der Waals surface area contributed by atoms with E-state index in [1.54, 1.807) is 23.1 Å². The van der Waals surface area contributed by atoms with Gasteiger partial charge in [0.05, 0.1) is 0 Å². The largest absolute Gasteiger partial charge is 0.506 e. The van der Waals surface area contributed by atoms with Crippen molar-refractivity contribution < 1.29 is 19.4 Å². The highest BCUT2D eigenvalue weighted by molar-refractivity contribution is 6.01. The van der Waals surface area contributed by atoms with Crippen molar-refractivity contribution in [3.05, 3.63) is 77.9 Å². The summed E-state index contributed by atoms with van der Waals surface area (Å²) in [4.78, 5) is 26.7. The van der Waals surface area contributed by atoms with Crippen LogP contribution in [0, 0.1) is 0 Å². The average molecular weight is 377 g/mol. The molecule has 0 spiro atoms. The van der Waals surface area contributed by atoms with Crippen molar-refractivity contribution in [1.82, 2.24) is 4.90 Å². The lowest BCUT2D eigenvalue weighted by Crippen LogP contribution is -2.39. The summed E-state index contributed by atoms with van der Waals surface area (Å²) in [6.45, 7) is 3.89. The van der Waals surface area contributed by atoms with E-state index in [9.17, 15) is 14.7 Å². The molecule has 0 radical (unpaired) electrons. The molecule has 3 rings (SSSR count). The molecule has 1 amide bonds. The molecule has 3 aromatic rings. The van der Waals surface area contributed by atoms with Gasteiger partial charge < -0.3 is 14.7 Å². The van der Waals surface area contributed by atoms with E-state index >= 15 is 0 Å². The molecule has 5 heteroatoms. The molecular formula is C23H23NO4. The number of rotatable bonds is 6. The molecule has 144 valence electrons. The predicted molar refractivity (Wildman–Crippen MR) is 108 cm³/mol. The fourth-order valence-electron chi connectivity index (χ4n) is 3.05. The zero-order chi connectivity index (χ0) is 20.1. The van der Waals surface area contributed by atoms with Crippen LogP contribution in [0.3, 0.4) is 0 Å². The third-order valence-corrected chi connectivity index (χ3v) is 4.59. The predicted octanol–water partition coefficient (Wildman–Crippen LogP) is 4.14. The number of esters is 1. The number of carbonyl (C=O) groups excluding carboxylic acids is 2. The minimum atomic E-state index is -0.722. The lowest BCUT2D eigenvalue weighted by atomic mass is 10.1. The first kappa shape index (κ1) is 19.4. The van der Waals surface area contributed by atoms with Crippen molar-refractivity contribution in [3.8, 4) is 5.75 Å². The summed E-state index contributed by atoms with van der Waals surface area (Å²) in [6.07, 6.45) is 0. The molecule has 0 fully saturated rings. The van der Waals surface area contributed by atoms with Gasteiger partial charge in [0.15, 0.2) is 6.61 Å². The van der Waals surface area contributed by atoms with Gasteiger partial charge in [0.1, 0.15) is 11.3 Å². The van der Waals surface area contributed by atoms with E-state index in [-0.39, 0.29) is 29.9 Å². The van der Waals surface area contributed by atoms with E-state index in [0.717, 1.165) is 10.9 Å². The summed E-state index contributed by atoms with van der Waals surface area (Å²) < 4.78 is 5.20. The number of benzene rings is 3. The maximum atomic E-state index is 12.6. The number of ether oxygens (including phenoxy) is 1. The van der Waals surface area contributed by atoms with Gasteiger partial charge in [-0.3, -0.25) is 4.79 Å². The summed E-state index contributed by atoms with van der Waals surface area (Å²) in [5.74, 6) is -1.15. The minimum absolute atomic E-state index is 0.0412. The molecule has 0 saturated carbocycles. The summed E-state index contributed by atoms with van der Waals surface area (Å²) in [6, 6.07) is 20.1. The lowest BCUT2D eigenvalue weighted by molar-refractivity contribution is -0.136. The number of phenolic OH excluding ortho intramolecular Hbond substituents is 1. The molecule has 28 heavy (non-hydrogen) atoms. The van der Waals surface area contributed by atoms with Crippen LogP contribution in [0.2, 0.25) is 0 Å². The summed E-state index contributed by atoms with van der Waals surface area (Å²) in [5, 5.41) is 11.8. The Labute approximate surface area is 164 Å². The van der Waals surface area contributed by atoms with Gasteiger partial charge in [-0.05, 0) is 30.9 Å². The second kappa shape index (κ2) is 8.57. The summed E-state index contributed by atoms with van der Waals surface area (Å²) >= 11 is 0. The van der Waals surface area contributed by atoms with Crippen molar-refractivity contribution in [2.24, 2.45) is 0 Å². The number of carbonyl (C=O) groups is 2. The highest BCUT2D eigenvalue weighted by Gasteiger charge is 2.21. The van der Waals surface area contributed by atoms with Crippen LogP contribution in [0.25, 0.3) is 10.8 Å². The van der Waals surface area contributed by atoms with Crippen LogP contribution in [0.1, 0.15) is 29.8 Å². The molecule has 0 heterocycles. The van der Waals surface area contributed by atoms with Gasteiger partial charge in [-0.15, -0.1) is 0 Å². The standard InChI is InChI=1S/C23H23NO4/c1-16(2)24(14-17-8-4-3-5-9-17)21(25)15-28-23(27)20-13-12-18-10-6-7-11-19(18)22(20)26/h3-13,16,26H,14-15H2,1-2H3. The van der Waals surface area contributed by atoms with Crippen molar-refractivity contribution >= 4 is 22.6 Å². The Balaban J connectivity index is 1.69. The van der Waals surface area contributed by atoms with Crippen LogP contribution in [0.4, 0.5) is 0 Å². The first-order valence-corrected chi connectivity index (χ1v) is 9.18. The van der Waals surface area contributed by atoms with Gasteiger partial charge in [-0.2, -0.15) is 0 Å². The van der Waals surface area contributed by atoms with E-state index in [2.05, 4.69) is 0 Å². The Bertz CT molecular complexity index is 982. The van der Waals surface area contributed by atoms with E-state index in [4.69, 9.17) is 4.74 Å². The smallest absolute Gasteiger partial charge is 0.342 e. The van der Waals surface area contributed by atoms with Crippen LogP contribution < -0.4 is 0 Å². The van der Waals surface area contributed by atoms with Crippen molar-refractivity contribution in [2.45, 2.75) is 26.4 Å². The Morgan fingerprint density at radius 3 is 2.36 bits per heavy atom. The van der Waals surface area contributed by atoms with Gasteiger partial charge in [-0.1, -0.05) is 60.7 Å². The lowest BCUT2D eigenvalue weighted by Gasteiger charge is -2.26. The highest BCUT2D eigenvalue weighted by Crippen LogP contribution is 2.29. The third kappa shape index (κ3) is 4.31. The second-order valence-electron chi connectivity index (χ2n) is 6.86. The van der Waals surface area contributed by atoms with Crippen molar-refractivity contribution in [3.63, 3.8) is 0 Å². The molecule has 0 bridgehead atoms. The number of hydrogen-bond donors (Lipinski definition) is 1. The van der Waals surface area contributed by atoms with Gasteiger partial charge in [0, 0.05) is 18.0 Å². The Kier molecular flexibility index (Phi) is 5.94. The third-order valence-electron chi connectivity index (χ3n) is 4.59. The first-order valence-electron chi connectivity index (χ1n) is 9.18. The van der Waals surface area contributed by atoms with Crippen LogP contribution >= 0.6 is 0 Å². The van der Waals surface area contributed by atoms with E-state index in [1.165, 1.54) is 6.07 Å². The highest BCUT2D eigenvalue weighted by atomic mass is 16.5. The van der Waals surface area contributed by atoms with Crippen LogP contribution in [0.5, 0.6) is 5.75 Å². The summed E-state index contributed by atoms with van der Waals surface area (Å²) in [5.41, 5.74) is 1.05. The fraction of sp³-hybridized carbons (Fsp3) is 0.217. The number of phenols is 1. The van der Waals surface area contributed by atoms with Crippen LogP contribution in [-0.4, -0.2) is 34.5 Å². The fourth-order valence-corrected chi connectivity index (χ4v) is 3.05. The Morgan fingerprint density at radius 2 is 1.64 bits per heavy atom. The zero-order valence-corrected chi connectivity index (χ0v) is 16.0. The minimum Gasteiger partial charge on any atom is -0.506 e. The Hall–Kier alpha value is -3.34.